The summed E-state index contributed by atoms with van der Waals surface area (Å²) in [5, 5.41) is 2.00. The number of benzene rings is 4. The Morgan fingerprint density at radius 3 is 2.29 bits per heavy atom. The van der Waals surface area contributed by atoms with Crippen LogP contribution < -0.4 is 5.73 Å². The molecule has 0 bridgehead atoms. The van der Waals surface area contributed by atoms with Gasteiger partial charge in [0.05, 0.1) is 12.4 Å². The second kappa shape index (κ2) is 11.6. The minimum Gasteiger partial charge on any atom is -0.337 e. The van der Waals surface area contributed by atoms with Crippen molar-refractivity contribution in [3.05, 3.63) is 138 Å². The molecule has 2 atom stereocenters. The number of urea groups is 1. The minimum absolute atomic E-state index is 0.200. The van der Waals surface area contributed by atoms with E-state index >= 15 is 0 Å². The molecule has 0 saturated carbocycles. The van der Waals surface area contributed by atoms with E-state index in [-0.39, 0.29) is 18.0 Å². The Labute approximate surface area is 246 Å². The van der Waals surface area contributed by atoms with Crippen molar-refractivity contribution in [1.82, 2.24) is 19.4 Å². The summed E-state index contributed by atoms with van der Waals surface area (Å²) in [5.41, 5.74) is 8.57. The van der Waals surface area contributed by atoms with E-state index in [0.29, 0.717) is 32.5 Å². The second-order valence-electron chi connectivity index (χ2n) is 11.0. The third-order valence-electron chi connectivity index (χ3n) is 8.44. The quantitative estimate of drug-likeness (QED) is 0.212. The number of rotatable bonds is 10. The third kappa shape index (κ3) is 4.97. The lowest BCUT2D eigenvalue weighted by atomic mass is 9.84. The summed E-state index contributed by atoms with van der Waals surface area (Å²) in [6.07, 6.45) is 6.56. The lowest BCUT2D eigenvalue weighted by Gasteiger charge is -2.39. The summed E-state index contributed by atoms with van der Waals surface area (Å²) < 4.78 is 1.96. The lowest BCUT2D eigenvalue weighted by molar-refractivity contribution is -0.133. The molecule has 4 aromatic carbocycles. The number of aromatic nitrogens is 2. The second-order valence-corrected chi connectivity index (χ2v) is 11.0. The standard InChI is InChI=1S/C35H35N5O2/c1-35(31-14-7-12-28-9-5-6-13-30(28)31)33(41)39(21-8-20-38-22-19-37-25-38)34(42)40(35)32(29-10-3-2-4-11-29)23-26-15-17-27(24-36)18-16-26/h2-7,9-19,22,25,32H,8,20-21,23-24,36H2,1H3. The van der Waals surface area contributed by atoms with Crippen LogP contribution in [-0.2, 0) is 29.8 Å². The number of nitrogens with two attached hydrogens (primary N) is 1. The number of imide groups is 1. The number of aryl methyl sites for hydroxylation is 1. The molecule has 7 nitrogen and oxygen atoms in total. The fraction of sp³-hybridized carbons (Fsp3) is 0.229. The largest absolute Gasteiger partial charge is 0.337 e. The summed E-state index contributed by atoms with van der Waals surface area (Å²) in [6, 6.07) is 31.7. The van der Waals surface area contributed by atoms with Crippen molar-refractivity contribution in [2.75, 3.05) is 6.54 Å². The fourth-order valence-corrected chi connectivity index (χ4v) is 6.21. The van der Waals surface area contributed by atoms with Gasteiger partial charge in [-0.3, -0.25) is 14.6 Å². The molecule has 1 aromatic heterocycles. The molecule has 6 rings (SSSR count). The van der Waals surface area contributed by atoms with E-state index in [0.717, 1.165) is 33.0 Å². The van der Waals surface area contributed by atoms with Crippen LogP contribution in [0, 0.1) is 0 Å². The molecule has 3 amide bonds. The molecule has 2 unspecified atom stereocenters. The van der Waals surface area contributed by atoms with Crippen LogP contribution in [0.4, 0.5) is 4.79 Å². The molecule has 0 radical (unpaired) electrons. The highest BCUT2D eigenvalue weighted by Crippen LogP contribution is 2.46. The first-order chi connectivity index (χ1) is 20.5. The molecule has 2 heterocycles. The van der Waals surface area contributed by atoms with Gasteiger partial charge >= 0.3 is 6.03 Å². The zero-order chi connectivity index (χ0) is 29.1. The molecule has 42 heavy (non-hydrogen) atoms. The van der Waals surface area contributed by atoms with Crippen LogP contribution in [0.25, 0.3) is 10.8 Å². The monoisotopic (exact) mass is 557 g/mol. The van der Waals surface area contributed by atoms with Crippen LogP contribution in [-0.4, -0.2) is 37.8 Å². The molecule has 5 aromatic rings. The molecule has 0 spiro atoms. The Bertz CT molecular complexity index is 1680. The average molecular weight is 558 g/mol. The van der Waals surface area contributed by atoms with Crippen molar-refractivity contribution < 1.29 is 9.59 Å². The predicted molar refractivity (Wildman–Crippen MR) is 164 cm³/mol. The van der Waals surface area contributed by atoms with E-state index in [4.69, 9.17) is 5.73 Å². The van der Waals surface area contributed by atoms with Gasteiger partial charge in [-0.1, -0.05) is 97.1 Å². The Morgan fingerprint density at radius 1 is 0.833 bits per heavy atom. The summed E-state index contributed by atoms with van der Waals surface area (Å²) in [6.45, 7) is 3.37. The number of hydrogen-bond donors (Lipinski definition) is 1. The zero-order valence-corrected chi connectivity index (χ0v) is 23.8. The van der Waals surface area contributed by atoms with Crippen LogP contribution in [0.15, 0.2) is 116 Å². The van der Waals surface area contributed by atoms with E-state index in [9.17, 15) is 9.59 Å². The highest BCUT2D eigenvalue weighted by molar-refractivity contribution is 6.09. The van der Waals surface area contributed by atoms with Gasteiger partial charge in [0, 0.05) is 32.0 Å². The van der Waals surface area contributed by atoms with Crippen LogP contribution in [0.3, 0.4) is 0 Å². The molecule has 1 fully saturated rings. The van der Waals surface area contributed by atoms with Crippen molar-refractivity contribution in [1.29, 1.82) is 0 Å². The normalized spacial score (nSPS) is 17.8. The maximum absolute atomic E-state index is 14.6. The van der Waals surface area contributed by atoms with Crippen LogP contribution in [0.1, 0.15) is 41.6 Å². The van der Waals surface area contributed by atoms with Gasteiger partial charge in [-0.05, 0) is 52.8 Å². The zero-order valence-electron chi connectivity index (χ0n) is 23.8. The Hall–Kier alpha value is -4.75. The van der Waals surface area contributed by atoms with Gasteiger partial charge in [0.2, 0.25) is 0 Å². The first-order valence-corrected chi connectivity index (χ1v) is 14.4. The molecule has 7 heteroatoms. The van der Waals surface area contributed by atoms with E-state index in [1.54, 1.807) is 12.5 Å². The molecule has 1 aliphatic rings. The maximum atomic E-state index is 14.6. The molecule has 2 N–H and O–H groups in total. The van der Waals surface area contributed by atoms with Gasteiger partial charge in [-0.2, -0.15) is 0 Å². The molecule has 1 aliphatic heterocycles. The SMILES string of the molecule is CC1(c2cccc3ccccc23)C(=O)N(CCCn2ccnc2)C(=O)N1C(Cc1ccc(CN)cc1)c1ccccc1. The summed E-state index contributed by atoms with van der Waals surface area (Å²) in [5.74, 6) is -0.200. The lowest BCUT2D eigenvalue weighted by Crippen LogP contribution is -2.47. The molecule has 212 valence electrons. The molecular weight excluding hydrogens is 522 g/mol. The number of nitrogens with zero attached hydrogens (tertiary/aromatic N) is 4. The average Bonchev–Trinajstić information content (AvgIpc) is 3.62. The van der Waals surface area contributed by atoms with Gasteiger partial charge in [0.1, 0.15) is 5.54 Å². The number of carbonyl (C=O) groups is 2. The fourth-order valence-electron chi connectivity index (χ4n) is 6.21. The highest BCUT2D eigenvalue weighted by Gasteiger charge is 2.57. The summed E-state index contributed by atoms with van der Waals surface area (Å²) >= 11 is 0. The topological polar surface area (TPSA) is 84.5 Å². The summed E-state index contributed by atoms with van der Waals surface area (Å²) in [4.78, 5) is 36.5. The third-order valence-corrected chi connectivity index (χ3v) is 8.44. The number of imidazole rings is 1. The van der Waals surface area contributed by atoms with Gasteiger partial charge in [-0.25, -0.2) is 9.78 Å². The van der Waals surface area contributed by atoms with Crippen LogP contribution >= 0.6 is 0 Å². The predicted octanol–water partition coefficient (Wildman–Crippen LogP) is 6.05. The van der Waals surface area contributed by atoms with Gasteiger partial charge in [-0.15, -0.1) is 0 Å². The van der Waals surface area contributed by atoms with Crippen molar-refractivity contribution in [3.8, 4) is 0 Å². The number of fused-ring (bicyclic) bond motifs is 1. The van der Waals surface area contributed by atoms with Crippen molar-refractivity contribution in [2.24, 2.45) is 5.73 Å². The first kappa shape index (κ1) is 27.4. The van der Waals surface area contributed by atoms with Crippen molar-refractivity contribution in [2.45, 2.75) is 44.4 Å². The highest BCUT2D eigenvalue weighted by atomic mass is 16.2. The van der Waals surface area contributed by atoms with Crippen molar-refractivity contribution >= 4 is 22.7 Å². The first-order valence-electron chi connectivity index (χ1n) is 14.4. The van der Waals surface area contributed by atoms with E-state index < -0.39 is 5.54 Å². The maximum Gasteiger partial charge on any atom is 0.328 e. The number of carbonyl (C=O) groups excluding carboxylic acids is 2. The van der Waals surface area contributed by atoms with Gasteiger partial charge in [0.25, 0.3) is 5.91 Å². The van der Waals surface area contributed by atoms with Gasteiger partial charge < -0.3 is 10.3 Å². The van der Waals surface area contributed by atoms with E-state index in [1.807, 2.05) is 108 Å². The van der Waals surface area contributed by atoms with E-state index in [2.05, 4.69) is 17.1 Å². The number of hydrogen-bond acceptors (Lipinski definition) is 4. The molecular formula is C35H35N5O2. The Balaban J connectivity index is 1.47. The number of amides is 3. The Morgan fingerprint density at radius 2 is 1.55 bits per heavy atom. The van der Waals surface area contributed by atoms with Crippen LogP contribution in [0.5, 0.6) is 0 Å². The van der Waals surface area contributed by atoms with Gasteiger partial charge in [0.15, 0.2) is 0 Å². The smallest absolute Gasteiger partial charge is 0.328 e. The molecule has 1 saturated heterocycles. The summed E-state index contributed by atoms with van der Waals surface area (Å²) in [7, 11) is 0. The Kier molecular flexibility index (Phi) is 7.59. The van der Waals surface area contributed by atoms with Crippen LogP contribution in [0.2, 0.25) is 0 Å². The minimum atomic E-state index is -1.22. The molecule has 0 aliphatic carbocycles. The van der Waals surface area contributed by atoms with E-state index in [1.165, 1.54) is 4.90 Å². The van der Waals surface area contributed by atoms with Crippen molar-refractivity contribution in [3.63, 3.8) is 0 Å².